The lowest BCUT2D eigenvalue weighted by atomic mass is 10.1. The van der Waals surface area contributed by atoms with Gasteiger partial charge in [-0.15, -0.1) is 23.7 Å². The highest BCUT2D eigenvalue weighted by atomic mass is 35.5. The van der Waals surface area contributed by atoms with Crippen LogP contribution in [0.3, 0.4) is 0 Å². The van der Waals surface area contributed by atoms with Gasteiger partial charge in [0.25, 0.3) is 5.69 Å². The number of carbonyl (C=O) groups is 1. The number of halogens is 1. The van der Waals surface area contributed by atoms with Crippen LogP contribution < -0.4 is 10.1 Å². The number of carbonyl (C=O) groups excluding carboxylic acids is 1. The monoisotopic (exact) mass is 432 g/mol. The molecule has 1 amide bonds. The largest absolute Gasteiger partial charge is 0.326 e. The van der Waals surface area contributed by atoms with E-state index in [9.17, 15) is 14.9 Å². The SMILES string of the molecule is Cc1ccc(/N=c2/scc(CC(=O)Nc3ccc([N+](=O)[O-])cc3)n2C)c(C)c1.Cl. The zero-order chi connectivity index (χ0) is 20.3. The lowest BCUT2D eigenvalue weighted by molar-refractivity contribution is -0.384. The summed E-state index contributed by atoms with van der Waals surface area (Å²) >= 11 is 1.48. The third-order valence-corrected chi connectivity index (χ3v) is 5.26. The van der Waals surface area contributed by atoms with Crippen LogP contribution in [0.4, 0.5) is 17.1 Å². The number of benzene rings is 2. The van der Waals surface area contributed by atoms with E-state index in [1.54, 1.807) is 0 Å². The Morgan fingerprint density at radius 3 is 2.52 bits per heavy atom. The molecule has 0 unspecified atom stereocenters. The summed E-state index contributed by atoms with van der Waals surface area (Å²) in [6.07, 6.45) is 0.187. The molecule has 0 fully saturated rings. The Morgan fingerprint density at radius 2 is 1.90 bits per heavy atom. The average Bonchev–Trinajstić information content (AvgIpc) is 2.97. The number of amides is 1. The van der Waals surface area contributed by atoms with Crippen molar-refractivity contribution in [1.29, 1.82) is 0 Å². The van der Waals surface area contributed by atoms with Crippen LogP contribution in [-0.4, -0.2) is 15.4 Å². The molecule has 7 nitrogen and oxygen atoms in total. The number of thiazole rings is 1. The Bertz CT molecular complexity index is 1100. The number of hydrogen-bond donors (Lipinski definition) is 1. The van der Waals surface area contributed by atoms with E-state index in [1.165, 1.54) is 41.2 Å². The summed E-state index contributed by atoms with van der Waals surface area (Å²) in [5.74, 6) is -0.194. The molecule has 0 saturated carbocycles. The maximum atomic E-state index is 12.3. The molecule has 9 heteroatoms. The first-order chi connectivity index (χ1) is 13.3. The van der Waals surface area contributed by atoms with Gasteiger partial charge in [-0.2, -0.15) is 0 Å². The van der Waals surface area contributed by atoms with Gasteiger partial charge in [-0.05, 0) is 37.6 Å². The first-order valence-corrected chi connectivity index (χ1v) is 9.51. The predicted octanol–water partition coefficient (Wildman–Crippen LogP) is 4.45. The molecule has 3 aromatic rings. The van der Waals surface area contributed by atoms with Crippen molar-refractivity contribution >= 4 is 46.7 Å². The van der Waals surface area contributed by atoms with Gasteiger partial charge in [-0.3, -0.25) is 14.9 Å². The number of nitro groups is 1. The maximum absolute atomic E-state index is 12.3. The zero-order valence-corrected chi connectivity index (χ0v) is 17.8. The third-order valence-electron chi connectivity index (χ3n) is 4.29. The van der Waals surface area contributed by atoms with Gasteiger partial charge in [0.1, 0.15) is 0 Å². The van der Waals surface area contributed by atoms with Crippen LogP contribution in [-0.2, 0) is 18.3 Å². The lowest BCUT2D eigenvalue weighted by Crippen LogP contribution is -2.19. The van der Waals surface area contributed by atoms with Gasteiger partial charge >= 0.3 is 0 Å². The fourth-order valence-electron chi connectivity index (χ4n) is 2.73. The van der Waals surface area contributed by atoms with Crippen molar-refractivity contribution in [2.24, 2.45) is 12.0 Å². The maximum Gasteiger partial charge on any atom is 0.269 e. The average molecular weight is 433 g/mol. The first kappa shape index (κ1) is 22.3. The number of nitrogens with one attached hydrogen (secondary N) is 1. The highest BCUT2D eigenvalue weighted by Gasteiger charge is 2.10. The molecule has 1 heterocycles. The lowest BCUT2D eigenvalue weighted by Gasteiger charge is -2.06. The molecule has 0 aliphatic rings. The van der Waals surface area contributed by atoms with Gasteiger partial charge in [0, 0.05) is 35.9 Å². The Balaban J connectivity index is 0.00000300. The molecule has 1 N–H and O–H groups in total. The van der Waals surface area contributed by atoms with E-state index in [0.29, 0.717) is 5.69 Å². The van der Waals surface area contributed by atoms with Gasteiger partial charge in [0.15, 0.2) is 4.80 Å². The summed E-state index contributed by atoms with van der Waals surface area (Å²) in [4.78, 5) is 28.1. The molecule has 29 heavy (non-hydrogen) atoms. The summed E-state index contributed by atoms with van der Waals surface area (Å²) in [6.45, 7) is 4.07. The summed E-state index contributed by atoms with van der Waals surface area (Å²) in [5.41, 5.74) is 4.55. The van der Waals surface area contributed by atoms with Crippen LogP contribution in [0.1, 0.15) is 16.8 Å². The summed E-state index contributed by atoms with van der Waals surface area (Å²) < 4.78 is 1.90. The molecule has 0 radical (unpaired) electrons. The smallest absolute Gasteiger partial charge is 0.269 e. The molecule has 3 rings (SSSR count). The van der Waals surface area contributed by atoms with Gasteiger partial charge in [0.05, 0.1) is 17.0 Å². The topological polar surface area (TPSA) is 89.5 Å². The van der Waals surface area contributed by atoms with Crippen molar-refractivity contribution in [3.63, 3.8) is 0 Å². The van der Waals surface area contributed by atoms with Gasteiger partial charge in [-0.1, -0.05) is 17.7 Å². The highest BCUT2D eigenvalue weighted by Crippen LogP contribution is 2.19. The number of nitro benzene ring substituents is 1. The van der Waals surface area contributed by atoms with Crippen LogP contribution >= 0.6 is 23.7 Å². The predicted molar refractivity (Wildman–Crippen MR) is 117 cm³/mol. The van der Waals surface area contributed by atoms with E-state index in [-0.39, 0.29) is 30.4 Å². The van der Waals surface area contributed by atoms with Crippen LogP contribution in [0.2, 0.25) is 0 Å². The van der Waals surface area contributed by atoms with E-state index >= 15 is 0 Å². The molecular weight excluding hydrogens is 412 g/mol. The number of rotatable bonds is 5. The van der Waals surface area contributed by atoms with Crippen LogP contribution in [0.25, 0.3) is 0 Å². The minimum atomic E-state index is -0.474. The first-order valence-electron chi connectivity index (χ1n) is 8.63. The van der Waals surface area contributed by atoms with Crippen molar-refractivity contribution < 1.29 is 9.72 Å². The summed E-state index contributed by atoms with van der Waals surface area (Å²) in [5, 5.41) is 15.4. The quantitative estimate of drug-likeness (QED) is 0.477. The third kappa shape index (κ3) is 5.52. The van der Waals surface area contributed by atoms with E-state index in [2.05, 4.69) is 11.4 Å². The minimum absolute atomic E-state index is 0. The summed E-state index contributed by atoms with van der Waals surface area (Å²) in [6, 6.07) is 11.9. The Labute approximate surface area is 178 Å². The second-order valence-electron chi connectivity index (χ2n) is 6.50. The zero-order valence-electron chi connectivity index (χ0n) is 16.2. The number of nitrogens with zero attached hydrogens (tertiary/aromatic N) is 3. The number of hydrogen-bond acceptors (Lipinski definition) is 5. The standard InChI is InChI=1S/C20H20N4O3S.ClH/c1-13-4-9-18(14(2)10-13)22-20-23(3)17(12-28-20)11-19(25)21-15-5-7-16(8-6-15)24(26)27;/h4-10,12H,11H2,1-3H3,(H,21,25);1H/b22-20+;. The van der Waals surface area contributed by atoms with E-state index in [4.69, 9.17) is 4.99 Å². The van der Waals surface area contributed by atoms with E-state index in [1.807, 2.05) is 43.0 Å². The Morgan fingerprint density at radius 1 is 1.21 bits per heavy atom. The molecule has 1 aromatic heterocycles. The second kappa shape index (κ2) is 9.49. The van der Waals surface area contributed by atoms with Crippen LogP contribution in [0.15, 0.2) is 52.8 Å². The number of aryl methyl sites for hydroxylation is 2. The number of aromatic nitrogens is 1. The van der Waals surface area contributed by atoms with Gasteiger partial charge in [0.2, 0.25) is 5.91 Å². The van der Waals surface area contributed by atoms with Gasteiger partial charge < -0.3 is 9.88 Å². The Kier molecular flexibility index (Phi) is 7.30. The second-order valence-corrected chi connectivity index (χ2v) is 7.34. The van der Waals surface area contributed by atoms with Crippen molar-refractivity contribution in [1.82, 2.24) is 4.57 Å². The Hall–Kier alpha value is -2.97. The fraction of sp³-hybridized carbons (Fsp3) is 0.200. The van der Waals surface area contributed by atoms with Crippen LogP contribution in [0.5, 0.6) is 0 Å². The van der Waals surface area contributed by atoms with E-state index in [0.717, 1.165) is 21.7 Å². The normalized spacial score (nSPS) is 11.1. The molecule has 0 atom stereocenters. The molecule has 2 aromatic carbocycles. The highest BCUT2D eigenvalue weighted by molar-refractivity contribution is 7.07. The molecule has 152 valence electrons. The molecule has 0 bridgehead atoms. The minimum Gasteiger partial charge on any atom is -0.326 e. The molecule has 0 aliphatic carbocycles. The fourth-order valence-corrected chi connectivity index (χ4v) is 3.64. The van der Waals surface area contributed by atoms with Crippen LogP contribution in [0, 0.1) is 24.0 Å². The van der Waals surface area contributed by atoms with Gasteiger partial charge in [-0.25, -0.2) is 4.99 Å². The van der Waals surface area contributed by atoms with E-state index < -0.39 is 4.92 Å². The number of anilines is 1. The summed E-state index contributed by atoms with van der Waals surface area (Å²) in [7, 11) is 1.88. The number of non-ortho nitro benzene ring substituents is 1. The van der Waals surface area contributed by atoms with Crippen molar-refractivity contribution in [3.8, 4) is 0 Å². The molecule has 0 aliphatic heterocycles. The van der Waals surface area contributed by atoms with Crippen molar-refractivity contribution in [2.45, 2.75) is 20.3 Å². The van der Waals surface area contributed by atoms with Crippen molar-refractivity contribution in [3.05, 3.63) is 79.6 Å². The van der Waals surface area contributed by atoms with Crippen molar-refractivity contribution in [2.75, 3.05) is 5.32 Å². The molecular formula is C20H21ClN4O3S. The molecule has 0 spiro atoms. The molecule has 0 saturated heterocycles.